The van der Waals surface area contributed by atoms with Gasteiger partial charge in [-0.05, 0) is 103 Å². The van der Waals surface area contributed by atoms with Crippen LogP contribution < -0.4 is 46.9 Å². The quantitative estimate of drug-likeness (QED) is 0.0571. The molecule has 4 rings (SSSR count). The molecule has 0 radical (unpaired) electrons. The fourth-order valence-electron chi connectivity index (χ4n) is 5.59. The van der Waals surface area contributed by atoms with Crippen LogP contribution in [0.15, 0.2) is 33.8 Å². The number of allylic oxidation sites excluding steroid dienone is 2. The Bertz CT molecular complexity index is 1860. The maximum Gasteiger partial charge on any atom is 1.00 e. The molecule has 54 heavy (non-hydrogen) atoms. The van der Waals surface area contributed by atoms with E-state index in [0.717, 1.165) is 97.3 Å². The van der Waals surface area contributed by atoms with Gasteiger partial charge < -0.3 is 37.6 Å². The van der Waals surface area contributed by atoms with Crippen molar-refractivity contribution in [3.05, 3.63) is 44.9 Å². The summed E-state index contributed by atoms with van der Waals surface area (Å²) in [6.45, 7) is 5.38. The maximum atomic E-state index is 11.1. The standard InChI is InChI=1S/C19H28BrN5O2.C18H26BrN5O2.Li/c1-13(21)10-11-25-17-14(12-23-19(22)16(17)18(20)24-25)8-6-4-3-5-7-9-15(26)27-2;1-12(20)9-10-24-16-13(7-5-3-2-4-6-8-14(25)26)11-22-18(21)15(16)17(19)23-24;/h6,8,12-13H,3-5,7,9-11,21H2,1-2H3,(H2,22,23);5,7,11-12H,2-4,6,8-10,20H2,1H3,(H2,21,22)(H,25,26);/q;;+1/p-1/b8-6+;7-5+;/t13-;12-;/m11./s1. The van der Waals surface area contributed by atoms with Crippen molar-refractivity contribution in [2.24, 2.45) is 11.5 Å². The van der Waals surface area contributed by atoms with Crippen LogP contribution in [0.3, 0.4) is 0 Å². The normalized spacial score (nSPS) is 12.6. The minimum absolute atomic E-state index is 0. The zero-order chi connectivity index (χ0) is 38.9. The third-order valence-corrected chi connectivity index (χ3v) is 9.59. The first kappa shape index (κ1) is 46.9. The van der Waals surface area contributed by atoms with Gasteiger partial charge in [0.25, 0.3) is 0 Å². The minimum atomic E-state index is -0.985. The number of anilines is 2. The van der Waals surface area contributed by atoms with Crippen LogP contribution in [0.5, 0.6) is 0 Å². The number of carboxylic acid groups (broad SMARTS) is 1. The van der Waals surface area contributed by atoms with Crippen molar-refractivity contribution < 1.29 is 38.3 Å². The number of fused-ring (bicyclic) bond motifs is 2. The van der Waals surface area contributed by atoms with Gasteiger partial charge in [0.15, 0.2) is 0 Å². The van der Waals surface area contributed by atoms with Crippen LogP contribution in [0, 0.1) is 0 Å². The summed E-state index contributed by atoms with van der Waals surface area (Å²) in [5.74, 6) is -0.227. The molecule has 14 nitrogen and oxygen atoms in total. The molecule has 0 bridgehead atoms. The molecular formula is C37H53Br2LiN10O4. The number of nitrogens with zero attached hydrogens (tertiary/aromatic N) is 6. The van der Waals surface area contributed by atoms with E-state index < -0.39 is 5.97 Å². The van der Waals surface area contributed by atoms with Crippen molar-refractivity contribution in [1.82, 2.24) is 29.5 Å². The Morgan fingerprint density at radius 1 is 0.778 bits per heavy atom. The molecule has 0 spiro atoms. The number of aromatic nitrogens is 6. The molecule has 0 aliphatic carbocycles. The predicted molar refractivity (Wildman–Crippen MR) is 217 cm³/mol. The second-order valence-corrected chi connectivity index (χ2v) is 14.7. The number of hydrogen-bond acceptors (Lipinski definition) is 12. The van der Waals surface area contributed by atoms with Gasteiger partial charge in [0.05, 0.1) is 28.9 Å². The molecule has 8 N–H and O–H groups in total. The van der Waals surface area contributed by atoms with Gasteiger partial charge in [0.1, 0.15) is 20.8 Å². The molecule has 0 saturated carbocycles. The van der Waals surface area contributed by atoms with E-state index in [-0.39, 0.29) is 43.3 Å². The number of rotatable bonds is 20. The van der Waals surface area contributed by atoms with Gasteiger partial charge in [-0.2, -0.15) is 10.2 Å². The summed E-state index contributed by atoms with van der Waals surface area (Å²) in [6.07, 6.45) is 21.2. The Morgan fingerprint density at radius 3 is 1.59 bits per heavy atom. The van der Waals surface area contributed by atoms with Gasteiger partial charge in [-0.25, -0.2) is 9.97 Å². The van der Waals surface area contributed by atoms with Crippen LogP contribution in [0.2, 0.25) is 0 Å². The fraction of sp³-hybridized carbons (Fsp3) is 0.514. The molecule has 0 amide bonds. The number of carbonyl (C=O) groups is 2. The molecule has 0 unspecified atom stereocenters. The molecule has 290 valence electrons. The number of aliphatic carboxylic acids is 1. The molecule has 0 aliphatic rings. The van der Waals surface area contributed by atoms with Crippen molar-refractivity contribution in [3.63, 3.8) is 0 Å². The molecule has 4 aromatic heterocycles. The smallest absolute Gasteiger partial charge is 0.550 e. The largest absolute Gasteiger partial charge is 1.00 e. The summed E-state index contributed by atoms with van der Waals surface area (Å²) in [5, 5.41) is 21.1. The number of carbonyl (C=O) groups excluding carboxylic acids is 2. The van der Waals surface area contributed by atoms with Gasteiger partial charge in [0.2, 0.25) is 0 Å². The number of hydrogen-bond donors (Lipinski definition) is 4. The van der Waals surface area contributed by atoms with Crippen LogP contribution in [-0.4, -0.2) is 60.7 Å². The van der Waals surface area contributed by atoms with Crippen molar-refractivity contribution in [2.75, 3.05) is 18.6 Å². The van der Waals surface area contributed by atoms with Crippen molar-refractivity contribution in [3.8, 4) is 0 Å². The van der Waals surface area contributed by atoms with Gasteiger partial charge in [-0.3, -0.25) is 14.2 Å². The monoisotopic (exact) mass is 866 g/mol. The number of esters is 1. The molecule has 0 aromatic carbocycles. The third kappa shape index (κ3) is 14.8. The van der Waals surface area contributed by atoms with Gasteiger partial charge in [-0.1, -0.05) is 37.1 Å². The van der Waals surface area contributed by atoms with Crippen molar-refractivity contribution in [2.45, 2.75) is 116 Å². The van der Waals surface area contributed by atoms with Crippen molar-refractivity contribution in [1.29, 1.82) is 0 Å². The first-order chi connectivity index (χ1) is 25.3. The number of carboxylic acids is 1. The summed E-state index contributed by atoms with van der Waals surface area (Å²) in [7, 11) is 1.42. The second kappa shape index (κ2) is 24.3. The van der Waals surface area contributed by atoms with Gasteiger partial charge >= 0.3 is 24.8 Å². The summed E-state index contributed by atoms with van der Waals surface area (Å²) in [6, 6.07) is 0.193. The average Bonchev–Trinajstić information content (AvgIpc) is 3.64. The number of nitrogens with two attached hydrogens (primary N) is 4. The van der Waals surface area contributed by atoms with E-state index in [1.165, 1.54) is 7.11 Å². The van der Waals surface area contributed by atoms with Gasteiger partial charge in [-0.15, -0.1) is 0 Å². The van der Waals surface area contributed by atoms with Gasteiger partial charge in [0, 0.05) is 61.1 Å². The zero-order valence-corrected chi connectivity index (χ0v) is 35.1. The molecular weight excluding hydrogens is 815 g/mol. The number of methoxy groups -OCH3 is 1. The zero-order valence-electron chi connectivity index (χ0n) is 31.9. The SMILES string of the molecule is COC(=O)CCCCC/C=C/c1cnc(N)c2c(Br)nn(CC[C@@H](C)N)c12.C[C@@H](N)CCn1nc(Br)c2c(N)ncc(/C=C/CCCCCC(=O)[O-])c21.[Li+]. The van der Waals surface area contributed by atoms with Crippen LogP contribution in [0.4, 0.5) is 11.6 Å². The van der Waals surface area contributed by atoms with Crippen LogP contribution >= 0.6 is 31.9 Å². The molecule has 0 fully saturated rings. The maximum absolute atomic E-state index is 11.1. The number of unbranched alkanes of at least 4 members (excludes halogenated alkanes) is 6. The molecule has 17 heteroatoms. The number of halogens is 2. The molecule has 4 heterocycles. The summed E-state index contributed by atoms with van der Waals surface area (Å²) in [4.78, 5) is 30.1. The Hall–Kier alpha value is -3.26. The third-order valence-electron chi connectivity index (χ3n) is 8.48. The Kier molecular flexibility index (Phi) is 21.1. The van der Waals surface area contributed by atoms with E-state index in [4.69, 9.17) is 22.9 Å². The molecule has 0 aliphatic heterocycles. The van der Waals surface area contributed by atoms with Crippen molar-refractivity contribution >= 4 is 89.4 Å². The first-order valence-corrected chi connectivity index (χ1v) is 19.6. The predicted octanol–water partition coefficient (Wildman–Crippen LogP) is 2.88. The average molecular weight is 869 g/mol. The minimum Gasteiger partial charge on any atom is -0.550 e. The van der Waals surface area contributed by atoms with E-state index in [2.05, 4.69) is 75.0 Å². The molecule has 2 atom stereocenters. The molecule has 0 saturated heterocycles. The van der Waals surface area contributed by atoms with Crippen LogP contribution in [-0.2, 0) is 27.4 Å². The Morgan fingerprint density at radius 2 is 1.20 bits per heavy atom. The number of ether oxygens (including phenoxy) is 1. The summed E-state index contributed by atoms with van der Waals surface area (Å²) >= 11 is 6.96. The number of nitrogen functional groups attached to an aromatic ring is 2. The Balaban J connectivity index is 0.000000367. The number of pyridine rings is 2. The Labute approximate surface area is 346 Å². The number of aryl methyl sites for hydroxylation is 2. The summed E-state index contributed by atoms with van der Waals surface area (Å²) in [5.41, 5.74) is 27.7. The first-order valence-electron chi connectivity index (χ1n) is 18.1. The van der Waals surface area contributed by atoms with E-state index >= 15 is 0 Å². The van der Waals surface area contributed by atoms with E-state index in [0.29, 0.717) is 40.2 Å². The van der Waals surface area contributed by atoms with Crippen LogP contribution in [0.1, 0.15) is 102 Å². The topological polar surface area (TPSA) is 232 Å². The second-order valence-electron chi connectivity index (χ2n) is 13.2. The summed E-state index contributed by atoms with van der Waals surface area (Å²) < 4.78 is 9.88. The van der Waals surface area contributed by atoms with E-state index in [9.17, 15) is 14.7 Å². The fourth-order valence-corrected chi connectivity index (χ4v) is 6.76. The molecule has 4 aromatic rings. The van der Waals surface area contributed by atoms with E-state index in [1.54, 1.807) is 12.4 Å². The van der Waals surface area contributed by atoms with E-state index in [1.807, 2.05) is 29.3 Å². The van der Waals surface area contributed by atoms with Crippen LogP contribution in [0.25, 0.3) is 34.0 Å².